The number of fused-ring (bicyclic) bond motifs is 1. The van der Waals surface area contributed by atoms with Gasteiger partial charge >= 0.3 is 0 Å². The van der Waals surface area contributed by atoms with Crippen molar-refractivity contribution in [1.82, 2.24) is 9.97 Å². The second kappa shape index (κ2) is 4.22. The fraction of sp³-hybridized carbons (Fsp3) is 0.125. The highest BCUT2D eigenvalue weighted by Crippen LogP contribution is 2.22. The van der Waals surface area contributed by atoms with Gasteiger partial charge in [-0.05, 0) is 32.0 Å². The predicted molar refractivity (Wildman–Crippen MR) is 74.4 cm³/mol. The van der Waals surface area contributed by atoms with Gasteiger partial charge in [-0.15, -0.1) is 0 Å². The molecule has 0 aliphatic carbocycles. The van der Waals surface area contributed by atoms with Crippen LogP contribution in [0.15, 0.2) is 48.7 Å². The van der Waals surface area contributed by atoms with Gasteiger partial charge in [-0.25, -0.2) is 4.98 Å². The third-order valence-electron chi connectivity index (χ3n) is 3.11. The molecule has 3 rings (SSSR count). The molecule has 0 saturated heterocycles. The first-order valence-corrected chi connectivity index (χ1v) is 6.03. The summed E-state index contributed by atoms with van der Waals surface area (Å²) < 4.78 is 0. The van der Waals surface area contributed by atoms with Crippen LogP contribution in [-0.2, 0) is 0 Å². The standard InChI is InChI=1S/C16H14N2/c1-11-4-3-5-14(10-11)15-7-6-13-8-9-17-12(2)16(13)18-15/h3-10H,1-2H3. The van der Waals surface area contributed by atoms with Crippen LogP contribution in [0.1, 0.15) is 11.3 Å². The largest absolute Gasteiger partial charge is 0.259 e. The van der Waals surface area contributed by atoms with Gasteiger partial charge in [0.15, 0.2) is 0 Å². The minimum atomic E-state index is 0.974. The number of nitrogens with zero attached hydrogens (tertiary/aromatic N) is 2. The summed E-state index contributed by atoms with van der Waals surface area (Å²) in [5.41, 5.74) is 5.36. The molecule has 0 aliphatic heterocycles. The monoisotopic (exact) mass is 234 g/mol. The predicted octanol–water partition coefficient (Wildman–Crippen LogP) is 3.91. The lowest BCUT2D eigenvalue weighted by atomic mass is 10.1. The third-order valence-corrected chi connectivity index (χ3v) is 3.11. The first-order chi connectivity index (χ1) is 8.74. The molecule has 0 spiro atoms. The Bertz CT molecular complexity index is 717. The van der Waals surface area contributed by atoms with Crippen LogP contribution < -0.4 is 0 Å². The normalized spacial score (nSPS) is 10.8. The van der Waals surface area contributed by atoms with Crippen molar-refractivity contribution in [2.45, 2.75) is 13.8 Å². The minimum absolute atomic E-state index is 0.974. The summed E-state index contributed by atoms with van der Waals surface area (Å²) in [4.78, 5) is 9.02. The van der Waals surface area contributed by atoms with Crippen molar-refractivity contribution >= 4 is 10.9 Å². The van der Waals surface area contributed by atoms with E-state index in [9.17, 15) is 0 Å². The summed E-state index contributed by atoms with van der Waals surface area (Å²) in [5, 5.41) is 1.14. The molecule has 2 heterocycles. The lowest BCUT2D eigenvalue weighted by Gasteiger charge is -2.05. The molecule has 0 N–H and O–H groups in total. The van der Waals surface area contributed by atoms with Crippen molar-refractivity contribution in [3.63, 3.8) is 0 Å². The lowest BCUT2D eigenvalue weighted by Crippen LogP contribution is -1.90. The lowest BCUT2D eigenvalue weighted by molar-refractivity contribution is 1.20. The molecule has 0 bridgehead atoms. The van der Waals surface area contributed by atoms with Crippen molar-refractivity contribution in [2.75, 3.05) is 0 Å². The number of rotatable bonds is 1. The number of benzene rings is 1. The molecule has 2 nitrogen and oxygen atoms in total. The Balaban J connectivity index is 2.22. The molecule has 0 atom stereocenters. The molecule has 88 valence electrons. The van der Waals surface area contributed by atoms with Crippen LogP contribution >= 0.6 is 0 Å². The Labute approximate surface area is 106 Å². The Kier molecular flexibility index (Phi) is 2.56. The Morgan fingerprint density at radius 3 is 2.67 bits per heavy atom. The van der Waals surface area contributed by atoms with Crippen molar-refractivity contribution in [3.05, 3.63) is 59.9 Å². The molecule has 0 amide bonds. The average molecular weight is 234 g/mol. The maximum atomic E-state index is 4.72. The summed E-state index contributed by atoms with van der Waals surface area (Å²) in [5.74, 6) is 0. The SMILES string of the molecule is Cc1cccc(-c2ccc3ccnc(C)c3n2)c1. The van der Waals surface area contributed by atoms with Gasteiger partial charge in [-0.1, -0.05) is 29.8 Å². The molecule has 1 aromatic carbocycles. The van der Waals surface area contributed by atoms with Crippen LogP contribution in [0.2, 0.25) is 0 Å². The van der Waals surface area contributed by atoms with Crippen LogP contribution in [-0.4, -0.2) is 9.97 Å². The van der Waals surface area contributed by atoms with Crippen LogP contribution in [0.5, 0.6) is 0 Å². The molecule has 0 unspecified atom stereocenters. The maximum Gasteiger partial charge on any atom is 0.0921 e. The molecule has 3 aromatic rings. The van der Waals surface area contributed by atoms with Crippen molar-refractivity contribution in [3.8, 4) is 11.3 Å². The molecular weight excluding hydrogens is 220 g/mol. The minimum Gasteiger partial charge on any atom is -0.259 e. The second-order valence-corrected chi connectivity index (χ2v) is 4.53. The maximum absolute atomic E-state index is 4.72. The molecule has 0 radical (unpaired) electrons. The van der Waals surface area contributed by atoms with E-state index in [1.165, 1.54) is 5.56 Å². The first-order valence-electron chi connectivity index (χ1n) is 6.03. The number of aryl methyl sites for hydroxylation is 2. The van der Waals surface area contributed by atoms with Crippen LogP contribution in [0.3, 0.4) is 0 Å². The van der Waals surface area contributed by atoms with E-state index in [1.54, 1.807) is 0 Å². The summed E-state index contributed by atoms with van der Waals surface area (Å²) in [6.07, 6.45) is 1.83. The quantitative estimate of drug-likeness (QED) is 0.638. The molecule has 2 heteroatoms. The smallest absolute Gasteiger partial charge is 0.0921 e. The van der Waals surface area contributed by atoms with Gasteiger partial charge in [-0.3, -0.25) is 4.98 Å². The van der Waals surface area contributed by atoms with Crippen molar-refractivity contribution < 1.29 is 0 Å². The van der Waals surface area contributed by atoms with E-state index in [4.69, 9.17) is 4.98 Å². The fourth-order valence-electron chi connectivity index (χ4n) is 2.15. The highest BCUT2D eigenvalue weighted by molar-refractivity contribution is 5.83. The average Bonchev–Trinajstić information content (AvgIpc) is 2.39. The summed E-state index contributed by atoms with van der Waals surface area (Å²) >= 11 is 0. The molecule has 0 saturated carbocycles. The molecule has 0 aliphatic rings. The molecule has 0 fully saturated rings. The van der Waals surface area contributed by atoms with Gasteiger partial charge in [0.25, 0.3) is 0 Å². The highest BCUT2D eigenvalue weighted by atomic mass is 14.8. The Morgan fingerprint density at radius 2 is 1.83 bits per heavy atom. The zero-order chi connectivity index (χ0) is 12.5. The number of pyridine rings is 2. The van der Waals surface area contributed by atoms with Crippen LogP contribution in [0.25, 0.3) is 22.2 Å². The number of hydrogen-bond donors (Lipinski definition) is 0. The van der Waals surface area contributed by atoms with E-state index >= 15 is 0 Å². The fourth-order valence-corrected chi connectivity index (χ4v) is 2.15. The van der Waals surface area contributed by atoms with Crippen LogP contribution in [0, 0.1) is 13.8 Å². The zero-order valence-corrected chi connectivity index (χ0v) is 10.5. The van der Waals surface area contributed by atoms with Gasteiger partial charge in [0.2, 0.25) is 0 Å². The second-order valence-electron chi connectivity index (χ2n) is 4.53. The summed E-state index contributed by atoms with van der Waals surface area (Å²) in [6, 6.07) is 14.6. The molecular formula is C16H14N2. The Morgan fingerprint density at radius 1 is 0.944 bits per heavy atom. The van der Waals surface area contributed by atoms with E-state index < -0.39 is 0 Å². The van der Waals surface area contributed by atoms with Gasteiger partial charge in [-0.2, -0.15) is 0 Å². The third kappa shape index (κ3) is 1.86. The van der Waals surface area contributed by atoms with E-state index in [2.05, 4.69) is 48.3 Å². The van der Waals surface area contributed by atoms with Crippen LogP contribution in [0.4, 0.5) is 0 Å². The van der Waals surface area contributed by atoms with Gasteiger partial charge in [0, 0.05) is 17.1 Å². The molecule has 18 heavy (non-hydrogen) atoms. The van der Waals surface area contributed by atoms with Gasteiger partial charge < -0.3 is 0 Å². The summed E-state index contributed by atoms with van der Waals surface area (Å²) in [7, 11) is 0. The van der Waals surface area contributed by atoms with E-state index in [-0.39, 0.29) is 0 Å². The van der Waals surface area contributed by atoms with E-state index in [1.807, 2.05) is 19.2 Å². The summed E-state index contributed by atoms with van der Waals surface area (Å²) in [6.45, 7) is 4.09. The van der Waals surface area contributed by atoms with E-state index in [0.717, 1.165) is 27.9 Å². The number of aromatic nitrogens is 2. The van der Waals surface area contributed by atoms with Gasteiger partial charge in [0.05, 0.1) is 16.9 Å². The van der Waals surface area contributed by atoms with Crippen molar-refractivity contribution in [1.29, 1.82) is 0 Å². The Hall–Kier alpha value is -2.22. The zero-order valence-electron chi connectivity index (χ0n) is 10.5. The topological polar surface area (TPSA) is 25.8 Å². The van der Waals surface area contributed by atoms with Gasteiger partial charge in [0.1, 0.15) is 0 Å². The van der Waals surface area contributed by atoms with E-state index in [0.29, 0.717) is 0 Å². The van der Waals surface area contributed by atoms with Crippen molar-refractivity contribution in [2.24, 2.45) is 0 Å². The first kappa shape index (κ1) is 10.9. The molecule has 2 aromatic heterocycles. The number of hydrogen-bond acceptors (Lipinski definition) is 2. The highest BCUT2D eigenvalue weighted by Gasteiger charge is 2.03.